The average molecular weight is 293 g/mol. The van der Waals surface area contributed by atoms with Gasteiger partial charge in [0.15, 0.2) is 0 Å². The normalized spacial score (nSPS) is 23.2. The maximum atomic E-state index is 6.01. The molecule has 1 atom stereocenters. The number of hydrogen-bond donors (Lipinski definition) is 0. The molecule has 3 heterocycles. The molecular weight excluding hydrogens is 274 g/mol. The summed E-state index contributed by atoms with van der Waals surface area (Å²) in [5.74, 6) is 0.916. The lowest BCUT2D eigenvalue weighted by atomic mass is 9.97. The molecule has 20 heavy (non-hydrogen) atoms. The van der Waals surface area contributed by atoms with Gasteiger partial charge in [-0.15, -0.1) is 0 Å². The summed E-state index contributed by atoms with van der Waals surface area (Å²) in [5.41, 5.74) is 0.759. The van der Waals surface area contributed by atoms with Crippen LogP contribution in [0.4, 0.5) is 5.13 Å². The van der Waals surface area contributed by atoms with Gasteiger partial charge in [-0.1, -0.05) is 6.92 Å². The molecule has 0 amide bonds. The van der Waals surface area contributed by atoms with E-state index < -0.39 is 0 Å². The second-order valence-electron chi connectivity index (χ2n) is 5.25. The Balaban J connectivity index is 1.82. The minimum absolute atomic E-state index is 0.343. The van der Waals surface area contributed by atoms with Gasteiger partial charge in [-0.3, -0.25) is 4.68 Å². The molecule has 2 aromatic rings. The van der Waals surface area contributed by atoms with Crippen molar-refractivity contribution in [2.24, 2.45) is 7.05 Å². The van der Waals surface area contributed by atoms with Crippen molar-refractivity contribution in [2.75, 3.05) is 24.6 Å². The summed E-state index contributed by atoms with van der Waals surface area (Å²) < 4.78 is 12.2. The highest BCUT2D eigenvalue weighted by molar-refractivity contribution is 7.09. The number of hydrogen-bond acceptors (Lipinski definition) is 6. The number of aromatic nitrogens is 4. The van der Waals surface area contributed by atoms with Gasteiger partial charge < -0.3 is 9.64 Å². The molecule has 0 spiro atoms. The Morgan fingerprint density at radius 2 is 2.35 bits per heavy atom. The van der Waals surface area contributed by atoms with Gasteiger partial charge in [-0.05, 0) is 6.92 Å². The second kappa shape index (κ2) is 5.14. The van der Waals surface area contributed by atoms with Crippen LogP contribution in [-0.2, 0) is 23.8 Å². The van der Waals surface area contributed by atoms with Crippen LogP contribution in [-0.4, -0.2) is 38.8 Å². The summed E-state index contributed by atoms with van der Waals surface area (Å²) >= 11 is 1.47. The van der Waals surface area contributed by atoms with E-state index in [1.54, 1.807) is 0 Å². The highest BCUT2D eigenvalue weighted by Gasteiger charge is 2.36. The van der Waals surface area contributed by atoms with Crippen molar-refractivity contribution in [1.29, 1.82) is 0 Å². The van der Waals surface area contributed by atoms with Crippen LogP contribution in [0.15, 0.2) is 12.4 Å². The van der Waals surface area contributed by atoms with Gasteiger partial charge in [0.2, 0.25) is 5.13 Å². The van der Waals surface area contributed by atoms with E-state index in [2.05, 4.69) is 33.2 Å². The molecule has 1 aliphatic heterocycles. The molecule has 1 fully saturated rings. The number of aryl methyl sites for hydroxylation is 2. The van der Waals surface area contributed by atoms with Gasteiger partial charge in [-0.2, -0.15) is 9.47 Å². The Kier molecular flexibility index (Phi) is 3.47. The van der Waals surface area contributed by atoms with Crippen molar-refractivity contribution in [3.63, 3.8) is 0 Å². The molecule has 0 saturated carbocycles. The first kappa shape index (κ1) is 13.5. The topological polar surface area (TPSA) is 56.1 Å². The van der Waals surface area contributed by atoms with E-state index in [0.717, 1.165) is 36.0 Å². The van der Waals surface area contributed by atoms with Gasteiger partial charge in [0.1, 0.15) is 11.4 Å². The summed E-state index contributed by atoms with van der Waals surface area (Å²) in [5, 5.41) is 5.23. The fraction of sp³-hybridized carbons (Fsp3) is 0.615. The molecule has 3 rings (SSSR count). The molecule has 1 aliphatic rings. The van der Waals surface area contributed by atoms with E-state index >= 15 is 0 Å². The predicted octanol–water partition coefficient (Wildman–Crippen LogP) is 1.59. The Labute approximate surface area is 122 Å². The monoisotopic (exact) mass is 293 g/mol. The first-order valence-corrected chi connectivity index (χ1v) is 7.58. The Morgan fingerprint density at radius 1 is 1.50 bits per heavy atom. The highest BCUT2D eigenvalue weighted by atomic mass is 32.1. The Morgan fingerprint density at radius 3 is 3.00 bits per heavy atom. The summed E-state index contributed by atoms with van der Waals surface area (Å²) in [6, 6.07) is 0. The van der Waals surface area contributed by atoms with Gasteiger partial charge in [0.05, 0.1) is 19.3 Å². The molecule has 6 nitrogen and oxygen atoms in total. The van der Waals surface area contributed by atoms with Crippen molar-refractivity contribution in [3.05, 3.63) is 23.8 Å². The molecule has 0 bridgehead atoms. The zero-order valence-corrected chi connectivity index (χ0v) is 12.9. The zero-order valence-electron chi connectivity index (χ0n) is 12.0. The molecule has 2 aromatic heterocycles. The third kappa shape index (κ3) is 2.43. The van der Waals surface area contributed by atoms with Gasteiger partial charge in [-0.25, -0.2) is 4.98 Å². The largest absolute Gasteiger partial charge is 0.367 e. The van der Waals surface area contributed by atoms with Crippen LogP contribution in [0.1, 0.15) is 25.2 Å². The third-order valence-electron chi connectivity index (χ3n) is 3.63. The van der Waals surface area contributed by atoms with Crippen LogP contribution in [0.25, 0.3) is 0 Å². The van der Waals surface area contributed by atoms with E-state index in [4.69, 9.17) is 4.74 Å². The van der Waals surface area contributed by atoms with Crippen LogP contribution in [0.5, 0.6) is 0 Å². The van der Waals surface area contributed by atoms with Crippen molar-refractivity contribution < 1.29 is 4.74 Å². The van der Waals surface area contributed by atoms with E-state index in [-0.39, 0.29) is 5.60 Å². The number of nitrogens with zero attached hydrogens (tertiary/aromatic N) is 5. The van der Waals surface area contributed by atoms with Crippen molar-refractivity contribution in [2.45, 2.75) is 25.9 Å². The lowest BCUT2D eigenvalue weighted by Gasteiger charge is -2.39. The molecule has 0 N–H and O–H groups in total. The molecule has 0 aliphatic carbocycles. The van der Waals surface area contributed by atoms with Crippen LogP contribution < -0.4 is 4.90 Å². The fourth-order valence-electron chi connectivity index (χ4n) is 2.42. The quantitative estimate of drug-likeness (QED) is 0.860. The summed E-state index contributed by atoms with van der Waals surface area (Å²) in [4.78, 5) is 6.83. The molecule has 0 aromatic carbocycles. The summed E-state index contributed by atoms with van der Waals surface area (Å²) in [7, 11) is 1.92. The molecule has 7 heteroatoms. The highest BCUT2D eigenvalue weighted by Crippen LogP contribution is 2.32. The number of morpholine rings is 1. The van der Waals surface area contributed by atoms with Crippen molar-refractivity contribution >= 4 is 16.7 Å². The molecular formula is C13H19N5OS. The van der Waals surface area contributed by atoms with E-state index in [9.17, 15) is 0 Å². The minimum Gasteiger partial charge on any atom is -0.367 e. The first-order chi connectivity index (χ1) is 9.60. The first-order valence-electron chi connectivity index (χ1n) is 6.81. The fourth-order valence-corrected chi connectivity index (χ4v) is 3.19. The van der Waals surface area contributed by atoms with Crippen molar-refractivity contribution in [3.8, 4) is 0 Å². The summed E-state index contributed by atoms with van der Waals surface area (Å²) in [6.45, 7) is 6.50. The number of ether oxygens (including phenoxy) is 1. The zero-order chi connectivity index (χ0) is 14.2. The smallest absolute Gasteiger partial charge is 0.205 e. The van der Waals surface area contributed by atoms with E-state index in [0.29, 0.717) is 6.61 Å². The van der Waals surface area contributed by atoms with Crippen molar-refractivity contribution in [1.82, 2.24) is 19.1 Å². The standard InChI is InChI=1S/C13H19N5OS/c1-4-11-15-12(20-16-11)18-5-6-19-13(2,9-18)10-7-14-17(3)8-10/h7-8H,4-6,9H2,1-3H3. The minimum atomic E-state index is -0.343. The summed E-state index contributed by atoms with van der Waals surface area (Å²) in [6.07, 6.45) is 4.77. The second-order valence-corrected chi connectivity index (χ2v) is 5.98. The van der Waals surface area contributed by atoms with Crippen LogP contribution in [0.2, 0.25) is 0 Å². The SMILES string of the molecule is CCc1nsc(N2CCOC(C)(c3cnn(C)c3)C2)n1. The van der Waals surface area contributed by atoms with Gasteiger partial charge in [0.25, 0.3) is 0 Å². The van der Waals surface area contributed by atoms with Crippen LogP contribution >= 0.6 is 11.5 Å². The van der Waals surface area contributed by atoms with Gasteiger partial charge in [0, 0.05) is 43.3 Å². The third-order valence-corrected chi connectivity index (χ3v) is 4.45. The molecule has 1 saturated heterocycles. The lowest BCUT2D eigenvalue weighted by molar-refractivity contribution is -0.0466. The average Bonchev–Trinajstić information content (AvgIpc) is 3.07. The van der Waals surface area contributed by atoms with Crippen LogP contribution in [0.3, 0.4) is 0 Å². The molecule has 1 unspecified atom stereocenters. The lowest BCUT2D eigenvalue weighted by Crippen LogP contribution is -2.48. The molecule has 108 valence electrons. The Bertz CT molecular complexity index is 595. The van der Waals surface area contributed by atoms with Crippen LogP contribution in [0, 0.1) is 0 Å². The maximum Gasteiger partial charge on any atom is 0.205 e. The number of rotatable bonds is 3. The van der Waals surface area contributed by atoms with E-state index in [1.807, 2.05) is 24.1 Å². The maximum absolute atomic E-state index is 6.01. The number of anilines is 1. The molecule has 0 radical (unpaired) electrons. The van der Waals surface area contributed by atoms with E-state index in [1.165, 1.54) is 11.5 Å². The van der Waals surface area contributed by atoms with Gasteiger partial charge >= 0.3 is 0 Å². The Hall–Kier alpha value is -1.47. The predicted molar refractivity (Wildman–Crippen MR) is 78.0 cm³/mol.